The van der Waals surface area contributed by atoms with Crippen molar-refractivity contribution < 1.29 is 9.90 Å². The van der Waals surface area contributed by atoms with E-state index in [4.69, 9.17) is 0 Å². The molecule has 0 atom stereocenters. The summed E-state index contributed by atoms with van der Waals surface area (Å²) >= 11 is 0. The smallest absolute Gasteiger partial charge is 0.258 e. The minimum absolute atomic E-state index is 0.282. The first-order valence-corrected chi connectivity index (χ1v) is 6.02. The molecule has 17 heavy (non-hydrogen) atoms. The Morgan fingerprint density at radius 3 is 2.59 bits per heavy atom. The summed E-state index contributed by atoms with van der Waals surface area (Å²) < 4.78 is 0. The second-order valence-electron chi connectivity index (χ2n) is 5.23. The molecular weight excluding hydrogens is 214 g/mol. The van der Waals surface area contributed by atoms with Crippen LogP contribution in [0.1, 0.15) is 31.4 Å². The highest BCUT2D eigenvalue weighted by Gasteiger charge is 2.28. The zero-order valence-corrected chi connectivity index (χ0v) is 10.7. The van der Waals surface area contributed by atoms with E-state index in [1.54, 1.807) is 7.05 Å². The maximum atomic E-state index is 11.9. The van der Waals surface area contributed by atoms with Crippen molar-refractivity contribution >= 4 is 11.6 Å². The molecule has 1 aromatic rings. The Morgan fingerprint density at radius 1 is 1.29 bits per heavy atom. The normalized spacial score (nSPS) is 14.6. The molecule has 0 radical (unpaired) electrons. The minimum Gasteiger partial charge on any atom is -0.381 e. The van der Waals surface area contributed by atoms with E-state index in [9.17, 15) is 9.90 Å². The van der Waals surface area contributed by atoms with E-state index in [-0.39, 0.29) is 5.91 Å². The number of carbonyl (C=O) groups excluding carboxylic acids is 1. The quantitative estimate of drug-likeness (QED) is 0.847. The third-order valence-corrected chi connectivity index (χ3v) is 3.30. The van der Waals surface area contributed by atoms with Gasteiger partial charge in [-0.05, 0) is 56.4 Å². The maximum Gasteiger partial charge on any atom is 0.258 e. The van der Waals surface area contributed by atoms with Crippen LogP contribution in [-0.4, -0.2) is 23.7 Å². The van der Waals surface area contributed by atoms with Gasteiger partial charge in [-0.25, -0.2) is 0 Å². The Morgan fingerprint density at radius 2 is 1.94 bits per heavy atom. The van der Waals surface area contributed by atoms with E-state index in [1.807, 2.05) is 6.07 Å². The van der Waals surface area contributed by atoms with Crippen molar-refractivity contribution in [1.82, 2.24) is 0 Å². The molecule has 1 aliphatic carbocycles. The van der Waals surface area contributed by atoms with E-state index in [2.05, 4.69) is 12.1 Å². The second-order valence-corrected chi connectivity index (χ2v) is 5.23. The third-order valence-electron chi connectivity index (χ3n) is 3.30. The van der Waals surface area contributed by atoms with Crippen LogP contribution in [-0.2, 0) is 17.6 Å². The van der Waals surface area contributed by atoms with Crippen LogP contribution < -0.4 is 4.90 Å². The molecule has 0 bridgehead atoms. The number of likely N-dealkylation sites (N-methyl/N-ethyl adjacent to an activating group) is 1. The highest BCUT2D eigenvalue weighted by atomic mass is 16.3. The molecule has 1 N–H and O–H groups in total. The number of hydrogen-bond acceptors (Lipinski definition) is 2. The molecule has 0 heterocycles. The lowest BCUT2D eigenvalue weighted by Crippen LogP contribution is -2.43. The predicted molar refractivity (Wildman–Crippen MR) is 68.2 cm³/mol. The van der Waals surface area contributed by atoms with Crippen molar-refractivity contribution in [1.29, 1.82) is 0 Å². The lowest BCUT2D eigenvalue weighted by molar-refractivity contribution is -0.133. The van der Waals surface area contributed by atoms with Crippen LogP contribution in [0.15, 0.2) is 18.2 Å². The van der Waals surface area contributed by atoms with Gasteiger partial charge in [-0.3, -0.25) is 4.79 Å². The highest BCUT2D eigenvalue weighted by Crippen LogP contribution is 2.27. The highest BCUT2D eigenvalue weighted by molar-refractivity contribution is 5.98. The number of benzene rings is 1. The number of anilines is 1. The molecule has 2 rings (SSSR count). The van der Waals surface area contributed by atoms with Crippen molar-refractivity contribution in [3.8, 4) is 0 Å². The standard InChI is InChI=1S/C14H19NO2/c1-14(2,17)13(16)15(3)12-8-7-10-5-4-6-11(10)9-12/h7-9,17H,4-6H2,1-3H3. The van der Waals surface area contributed by atoms with E-state index in [1.165, 1.54) is 36.3 Å². The van der Waals surface area contributed by atoms with Crippen LogP contribution in [0, 0.1) is 0 Å². The number of hydrogen-bond donors (Lipinski definition) is 1. The number of nitrogens with zero attached hydrogens (tertiary/aromatic N) is 1. The topological polar surface area (TPSA) is 40.5 Å². The number of carbonyl (C=O) groups is 1. The van der Waals surface area contributed by atoms with Crippen molar-refractivity contribution in [3.63, 3.8) is 0 Å². The van der Waals surface area contributed by atoms with Gasteiger partial charge in [0.25, 0.3) is 5.91 Å². The van der Waals surface area contributed by atoms with Crippen LogP contribution in [0.4, 0.5) is 5.69 Å². The summed E-state index contributed by atoms with van der Waals surface area (Å²) in [5, 5.41) is 9.72. The molecule has 0 saturated heterocycles. The van der Waals surface area contributed by atoms with Gasteiger partial charge in [0, 0.05) is 12.7 Å². The summed E-state index contributed by atoms with van der Waals surface area (Å²) in [4.78, 5) is 13.5. The minimum atomic E-state index is -1.33. The van der Waals surface area contributed by atoms with E-state index < -0.39 is 5.60 Å². The van der Waals surface area contributed by atoms with Gasteiger partial charge in [0.05, 0.1) is 0 Å². The average Bonchev–Trinajstić information content (AvgIpc) is 2.72. The SMILES string of the molecule is CN(C(=O)C(C)(C)O)c1ccc2c(c1)CCC2. The van der Waals surface area contributed by atoms with Crippen molar-refractivity contribution in [2.75, 3.05) is 11.9 Å². The van der Waals surface area contributed by atoms with Crippen LogP contribution in [0.2, 0.25) is 0 Å². The monoisotopic (exact) mass is 233 g/mol. The van der Waals surface area contributed by atoms with Gasteiger partial charge in [-0.2, -0.15) is 0 Å². The van der Waals surface area contributed by atoms with Gasteiger partial charge in [-0.1, -0.05) is 6.07 Å². The molecule has 3 nitrogen and oxygen atoms in total. The number of aliphatic hydroxyl groups is 1. The van der Waals surface area contributed by atoms with Crippen LogP contribution >= 0.6 is 0 Å². The van der Waals surface area contributed by atoms with Gasteiger partial charge in [0.2, 0.25) is 0 Å². The number of fused-ring (bicyclic) bond motifs is 1. The maximum absolute atomic E-state index is 11.9. The molecule has 1 aliphatic rings. The largest absolute Gasteiger partial charge is 0.381 e. The van der Waals surface area contributed by atoms with Gasteiger partial charge in [-0.15, -0.1) is 0 Å². The summed E-state index contributed by atoms with van der Waals surface area (Å²) in [6.45, 7) is 3.03. The molecule has 0 aromatic heterocycles. The Balaban J connectivity index is 2.26. The number of amides is 1. The fourth-order valence-electron chi connectivity index (χ4n) is 2.29. The second kappa shape index (κ2) is 4.15. The Bertz CT molecular complexity index is 446. The molecule has 0 saturated carbocycles. The molecule has 1 aromatic carbocycles. The first kappa shape index (κ1) is 12.1. The van der Waals surface area contributed by atoms with Crippen LogP contribution in [0.25, 0.3) is 0 Å². The molecule has 0 unspecified atom stereocenters. The lowest BCUT2D eigenvalue weighted by Gasteiger charge is -2.25. The summed E-state index contributed by atoms with van der Waals surface area (Å²) in [6.07, 6.45) is 3.43. The van der Waals surface area contributed by atoms with Gasteiger partial charge >= 0.3 is 0 Å². The molecule has 92 valence electrons. The predicted octanol–water partition coefficient (Wildman–Crippen LogP) is 1.91. The van der Waals surface area contributed by atoms with E-state index in [0.717, 1.165) is 18.5 Å². The number of rotatable bonds is 2. The van der Waals surface area contributed by atoms with Crippen LogP contribution in [0.5, 0.6) is 0 Å². The zero-order valence-electron chi connectivity index (χ0n) is 10.7. The molecule has 1 amide bonds. The molecule has 3 heteroatoms. The average molecular weight is 233 g/mol. The van der Waals surface area contributed by atoms with E-state index >= 15 is 0 Å². The fraction of sp³-hybridized carbons (Fsp3) is 0.500. The van der Waals surface area contributed by atoms with Gasteiger partial charge in [0.15, 0.2) is 0 Å². The Labute approximate surface area is 102 Å². The number of aryl methyl sites for hydroxylation is 2. The molecule has 0 fully saturated rings. The van der Waals surface area contributed by atoms with Crippen molar-refractivity contribution in [3.05, 3.63) is 29.3 Å². The molecule has 0 spiro atoms. The summed E-state index contributed by atoms with van der Waals surface area (Å²) in [6, 6.07) is 6.10. The lowest BCUT2D eigenvalue weighted by atomic mass is 10.1. The van der Waals surface area contributed by atoms with E-state index in [0.29, 0.717) is 0 Å². The first-order chi connectivity index (χ1) is 7.89. The molecular formula is C14H19NO2. The van der Waals surface area contributed by atoms with Crippen LogP contribution in [0.3, 0.4) is 0 Å². The summed E-state index contributed by atoms with van der Waals surface area (Å²) in [7, 11) is 1.71. The Hall–Kier alpha value is -1.35. The summed E-state index contributed by atoms with van der Waals surface area (Å²) in [5.41, 5.74) is 2.25. The molecule has 0 aliphatic heterocycles. The zero-order chi connectivity index (χ0) is 12.6. The fourth-order valence-corrected chi connectivity index (χ4v) is 2.29. The van der Waals surface area contributed by atoms with Gasteiger partial charge in [0.1, 0.15) is 5.60 Å². The summed E-state index contributed by atoms with van der Waals surface area (Å²) in [5.74, 6) is -0.282. The van der Waals surface area contributed by atoms with Gasteiger partial charge < -0.3 is 10.0 Å². The van der Waals surface area contributed by atoms with Crippen molar-refractivity contribution in [2.24, 2.45) is 0 Å². The third kappa shape index (κ3) is 2.34. The first-order valence-electron chi connectivity index (χ1n) is 6.02. The Kier molecular flexibility index (Phi) is 2.96. The van der Waals surface area contributed by atoms with Crippen molar-refractivity contribution in [2.45, 2.75) is 38.7 Å².